The molecule has 1 aliphatic rings. The molecule has 0 amide bonds. The fraction of sp³-hybridized carbons (Fsp3) is 0.348. The molecule has 0 bridgehead atoms. The highest BCUT2D eigenvalue weighted by Gasteiger charge is 2.45. The minimum atomic E-state index is -5.73. The zero-order chi connectivity index (χ0) is 31.7. The van der Waals surface area contributed by atoms with Gasteiger partial charge in [0.15, 0.2) is 6.23 Å². The Labute approximate surface area is 243 Å². The van der Waals surface area contributed by atoms with Gasteiger partial charge in [-0.1, -0.05) is 37.3 Å². The molecule has 1 aliphatic heterocycles. The van der Waals surface area contributed by atoms with Gasteiger partial charge in [0.1, 0.15) is 6.10 Å². The Morgan fingerprint density at radius 2 is 1.65 bits per heavy atom. The molecule has 4 unspecified atom stereocenters. The zero-order valence-corrected chi connectivity index (χ0v) is 25.2. The summed E-state index contributed by atoms with van der Waals surface area (Å²) < 4.78 is 53.9. The minimum absolute atomic E-state index is 0.196. The van der Waals surface area contributed by atoms with E-state index in [1.807, 2.05) is 43.3 Å². The Hall–Kier alpha value is -2.62. The number of rotatable bonds is 11. The molecule has 0 aliphatic carbocycles. The molecule has 6 atom stereocenters. The summed E-state index contributed by atoms with van der Waals surface area (Å²) in [6.07, 6.45) is -1.28. The lowest BCUT2D eigenvalue weighted by Gasteiger charge is -2.20. The molecule has 4 rings (SSSR count). The number of nitrogens with zero attached hydrogens (tertiary/aromatic N) is 3. The third kappa shape index (κ3) is 8.11. The molecule has 1 saturated heterocycles. The topological polar surface area (TPSA) is 246 Å². The van der Waals surface area contributed by atoms with Gasteiger partial charge in [0.25, 0.3) is 5.56 Å². The van der Waals surface area contributed by atoms with Crippen LogP contribution in [-0.4, -0.2) is 57.6 Å². The van der Waals surface area contributed by atoms with E-state index in [0.29, 0.717) is 5.69 Å². The Kier molecular flexibility index (Phi) is 9.89. The van der Waals surface area contributed by atoms with Crippen molar-refractivity contribution in [3.8, 4) is 11.1 Å². The molecule has 0 radical (unpaired) electrons. The summed E-state index contributed by atoms with van der Waals surface area (Å²) in [6, 6.07) is 12.4. The Morgan fingerprint density at radius 3 is 2.30 bits per heavy atom. The highest BCUT2D eigenvalue weighted by molar-refractivity contribution is 7.66. The predicted molar refractivity (Wildman–Crippen MR) is 147 cm³/mol. The maximum absolute atomic E-state index is 13.4. The second-order valence-corrected chi connectivity index (χ2v) is 13.9. The molecule has 43 heavy (non-hydrogen) atoms. The van der Waals surface area contributed by atoms with Crippen molar-refractivity contribution in [2.24, 2.45) is 5.92 Å². The lowest BCUT2D eigenvalue weighted by Crippen LogP contribution is -2.42. The number of pyridine rings is 1. The molecular weight excluding hydrogens is 635 g/mol. The molecule has 5 N–H and O–H groups in total. The molecule has 1 fully saturated rings. The zero-order valence-electron chi connectivity index (χ0n) is 22.5. The third-order valence-electron chi connectivity index (χ3n) is 6.62. The molecule has 3 aromatic rings. The molecule has 0 saturated carbocycles. The monoisotopic (exact) mass is 663 g/mol. The second-order valence-electron chi connectivity index (χ2n) is 9.53. The van der Waals surface area contributed by atoms with Crippen molar-refractivity contribution >= 4 is 23.5 Å². The lowest BCUT2D eigenvalue weighted by atomic mass is 10.0. The van der Waals surface area contributed by atoms with Crippen molar-refractivity contribution in [1.29, 1.82) is 0 Å². The van der Waals surface area contributed by atoms with Crippen LogP contribution in [0.5, 0.6) is 0 Å². The van der Waals surface area contributed by atoms with Crippen LogP contribution in [0.3, 0.4) is 0 Å². The quantitative estimate of drug-likeness (QED) is 0.183. The van der Waals surface area contributed by atoms with Crippen molar-refractivity contribution in [3.05, 3.63) is 87.0 Å². The van der Waals surface area contributed by atoms with E-state index < -0.39 is 65.7 Å². The molecule has 20 heteroatoms. The average molecular weight is 663 g/mol. The Morgan fingerprint density at radius 1 is 0.977 bits per heavy atom. The molecule has 2 aromatic heterocycles. The van der Waals surface area contributed by atoms with Crippen molar-refractivity contribution in [2.75, 3.05) is 6.61 Å². The van der Waals surface area contributed by atoms with E-state index in [1.165, 1.54) is 6.92 Å². The third-order valence-corrected chi connectivity index (χ3v) is 10.4. The van der Waals surface area contributed by atoms with Gasteiger partial charge in [-0.25, -0.2) is 18.5 Å². The SMILES string of the molecule is Cc1c(-c2ccccc2)ccnc1Cn1c(=O)ccn([C@@H]2O[C@H](COP(=O)(O)OP(=O)(O)OP(=O)(O)O)C(C)C2O)c1=O. The van der Waals surface area contributed by atoms with Gasteiger partial charge in [-0.3, -0.25) is 23.4 Å². The summed E-state index contributed by atoms with van der Waals surface area (Å²) in [5.41, 5.74) is 1.49. The Bertz CT molecular complexity index is 1740. The van der Waals surface area contributed by atoms with Crippen molar-refractivity contribution < 1.29 is 56.3 Å². The molecule has 1 aromatic carbocycles. The first kappa shape index (κ1) is 33.3. The van der Waals surface area contributed by atoms with E-state index in [4.69, 9.17) is 14.5 Å². The van der Waals surface area contributed by atoms with Gasteiger partial charge in [-0.05, 0) is 29.7 Å². The van der Waals surface area contributed by atoms with Gasteiger partial charge in [0.2, 0.25) is 0 Å². The summed E-state index contributed by atoms with van der Waals surface area (Å²) in [5.74, 6) is -0.851. The Balaban J connectivity index is 1.53. The average Bonchev–Trinajstić information content (AvgIpc) is 3.18. The number of ether oxygens (including phenoxy) is 1. The fourth-order valence-electron chi connectivity index (χ4n) is 4.44. The maximum Gasteiger partial charge on any atom is 0.490 e. The highest BCUT2D eigenvalue weighted by atomic mass is 31.3. The van der Waals surface area contributed by atoms with Crippen molar-refractivity contribution in [2.45, 2.75) is 38.8 Å². The van der Waals surface area contributed by atoms with Crippen LogP contribution in [0.4, 0.5) is 0 Å². The highest BCUT2D eigenvalue weighted by Crippen LogP contribution is 2.66. The van der Waals surface area contributed by atoms with Gasteiger partial charge in [0.05, 0.1) is 24.9 Å². The number of benzene rings is 1. The number of hydrogen-bond donors (Lipinski definition) is 5. The number of aliphatic hydroxyl groups excluding tert-OH is 1. The molecule has 0 spiro atoms. The van der Waals surface area contributed by atoms with Gasteiger partial charge < -0.3 is 29.4 Å². The van der Waals surface area contributed by atoms with E-state index in [0.717, 1.165) is 38.1 Å². The van der Waals surface area contributed by atoms with Crippen molar-refractivity contribution in [3.63, 3.8) is 0 Å². The van der Waals surface area contributed by atoms with Crippen LogP contribution in [-0.2, 0) is 38.1 Å². The van der Waals surface area contributed by atoms with Crippen LogP contribution in [0.1, 0.15) is 24.4 Å². The first-order valence-corrected chi connectivity index (χ1v) is 16.9. The number of phosphoric ester groups is 1. The number of phosphoric acid groups is 3. The first-order chi connectivity index (χ1) is 20.0. The lowest BCUT2D eigenvalue weighted by molar-refractivity contribution is -0.0534. The minimum Gasteiger partial charge on any atom is -0.388 e. The van der Waals surface area contributed by atoms with E-state index in [2.05, 4.69) is 18.1 Å². The molecule has 3 heterocycles. The molecule has 17 nitrogen and oxygen atoms in total. The van der Waals surface area contributed by atoms with E-state index >= 15 is 0 Å². The summed E-state index contributed by atoms with van der Waals surface area (Å²) in [6.45, 7) is 2.24. The standard InChI is InChI=1S/C23H28N3O14P3/c1-14-17(16-6-4-3-5-7-16)8-10-24-18(14)12-26-20(27)9-11-25(23(26)29)22-21(28)15(2)19(38-22)13-37-42(33,34)40-43(35,36)39-41(30,31)32/h3-11,15,19,21-22,28H,12-13H2,1-2H3,(H,33,34)(H,35,36)(H2,30,31,32)/t15?,19-,21?,22-/m1/s1. The first-order valence-electron chi connectivity index (χ1n) is 12.4. The second kappa shape index (κ2) is 12.8. The summed E-state index contributed by atoms with van der Waals surface area (Å²) in [5, 5.41) is 10.8. The number of aromatic nitrogens is 3. The largest absolute Gasteiger partial charge is 0.490 e. The molecular formula is C23H28N3O14P3. The van der Waals surface area contributed by atoms with Gasteiger partial charge >= 0.3 is 29.2 Å². The van der Waals surface area contributed by atoms with E-state index in [-0.39, 0.29) is 6.54 Å². The van der Waals surface area contributed by atoms with Gasteiger partial charge in [0, 0.05) is 24.4 Å². The number of aliphatic hydroxyl groups is 1. The smallest absolute Gasteiger partial charge is 0.388 e. The summed E-state index contributed by atoms with van der Waals surface area (Å²) in [7, 11) is -16.7. The maximum atomic E-state index is 13.4. The summed E-state index contributed by atoms with van der Waals surface area (Å²) >= 11 is 0. The van der Waals surface area contributed by atoms with E-state index in [1.54, 1.807) is 6.20 Å². The van der Waals surface area contributed by atoms with Crippen LogP contribution in [0.2, 0.25) is 0 Å². The molecule has 234 valence electrons. The fourth-order valence-corrected chi connectivity index (χ4v) is 7.47. The van der Waals surface area contributed by atoms with Gasteiger partial charge in [-0.15, -0.1) is 0 Å². The van der Waals surface area contributed by atoms with Crippen LogP contribution >= 0.6 is 23.5 Å². The van der Waals surface area contributed by atoms with E-state index in [9.17, 15) is 38.2 Å². The van der Waals surface area contributed by atoms with Crippen LogP contribution < -0.4 is 11.2 Å². The van der Waals surface area contributed by atoms with Gasteiger partial charge in [-0.2, -0.15) is 8.62 Å². The predicted octanol–water partition coefficient (Wildman–Crippen LogP) is 1.67. The summed E-state index contributed by atoms with van der Waals surface area (Å²) in [4.78, 5) is 66.8. The normalized spacial score (nSPS) is 23.5. The van der Waals surface area contributed by atoms with Crippen LogP contribution in [0.15, 0.2) is 64.4 Å². The number of hydrogen-bond acceptors (Lipinski definition) is 11. The van der Waals surface area contributed by atoms with Crippen LogP contribution in [0.25, 0.3) is 11.1 Å². The van der Waals surface area contributed by atoms with Crippen molar-refractivity contribution in [1.82, 2.24) is 14.1 Å². The van der Waals surface area contributed by atoms with Crippen LogP contribution in [0, 0.1) is 12.8 Å².